The van der Waals surface area contributed by atoms with Gasteiger partial charge in [0.2, 0.25) is 0 Å². The van der Waals surface area contributed by atoms with Gasteiger partial charge in [-0.25, -0.2) is 0 Å². The number of methoxy groups -OCH3 is 2. The highest BCUT2D eigenvalue weighted by molar-refractivity contribution is 5.95. The van der Waals surface area contributed by atoms with Gasteiger partial charge in [0.25, 0.3) is 5.91 Å². The molecule has 1 saturated carbocycles. The highest BCUT2D eigenvalue weighted by Crippen LogP contribution is 2.71. The number of carbonyl (C=O) groups is 2. The Kier molecular flexibility index (Phi) is 8.37. The summed E-state index contributed by atoms with van der Waals surface area (Å²) in [6.07, 6.45) is 6.84. The SMILES string of the molecule is CC[C@]1(O)C[C@@H]2CN(CCc3c([nH]c4ccccc34)[C@@](C(=O)OC)(c3cc4c(cc3OC)N(C)[C@H]3C5(O)C(=O)N(C)CCC5[C@]5(CC)CCCN6CC[C@]43C65)C2)C1. The molecule has 10 rings (SSSR count). The third kappa shape index (κ3) is 4.63. The minimum absolute atomic E-state index is 0.0219. The number of aromatic nitrogens is 1. The second kappa shape index (κ2) is 12.7. The quantitative estimate of drug-likeness (QED) is 0.320. The number of esters is 1. The largest absolute Gasteiger partial charge is 0.496 e. The zero-order valence-electron chi connectivity index (χ0n) is 34.7. The van der Waals surface area contributed by atoms with E-state index < -0.39 is 28.1 Å². The van der Waals surface area contributed by atoms with Gasteiger partial charge in [0, 0.05) is 91.6 Å². The number of nitrogens with zero attached hydrogens (tertiary/aromatic N) is 4. The Hall–Kier alpha value is -3.64. The van der Waals surface area contributed by atoms with E-state index in [1.54, 1.807) is 12.0 Å². The highest BCUT2D eigenvalue weighted by Gasteiger charge is 2.79. The average Bonchev–Trinajstić information content (AvgIpc) is 3.88. The molecule has 7 aliphatic rings. The number of piperidine rings is 3. The Labute approximate surface area is 336 Å². The van der Waals surface area contributed by atoms with Gasteiger partial charge in [-0.15, -0.1) is 0 Å². The monoisotopic (exact) mass is 779 g/mol. The number of likely N-dealkylation sites (tertiary alicyclic amines) is 1. The molecule has 0 radical (unpaired) electrons. The van der Waals surface area contributed by atoms with E-state index in [4.69, 9.17) is 9.47 Å². The molecule has 2 bridgehead atoms. The molecule has 2 aromatic carbocycles. The molecule has 6 aliphatic heterocycles. The molecule has 1 aliphatic carbocycles. The maximum atomic E-state index is 15.3. The molecule has 11 heteroatoms. The number of ether oxygens (including phenoxy) is 2. The van der Waals surface area contributed by atoms with E-state index >= 15 is 4.79 Å². The number of aliphatic hydroxyl groups is 2. The van der Waals surface area contributed by atoms with Crippen molar-refractivity contribution >= 4 is 28.5 Å². The molecular formula is C46H61N5O6. The smallest absolute Gasteiger partial charge is 0.322 e. The maximum Gasteiger partial charge on any atom is 0.322 e. The van der Waals surface area contributed by atoms with Crippen molar-refractivity contribution < 1.29 is 29.3 Å². The van der Waals surface area contributed by atoms with Crippen molar-refractivity contribution in [1.82, 2.24) is 19.7 Å². The van der Waals surface area contributed by atoms with E-state index in [0.29, 0.717) is 44.5 Å². The van der Waals surface area contributed by atoms with Crippen molar-refractivity contribution in [3.05, 3.63) is 58.8 Å². The van der Waals surface area contributed by atoms with Gasteiger partial charge in [-0.05, 0) is 105 Å². The van der Waals surface area contributed by atoms with E-state index in [1.807, 2.05) is 13.1 Å². The highest BCUT2D eigenvalue weighted by atomic mass is 16.5. The number of anilines is 1. The first-order valence-corrected chi connectivity index (χ1v) is 21.7. The Morgan fingerprint density at radius 2 is 1.77 bits per heavy atom. The van der Waals surface area contributed by atoms with Gasteiger partial charge in [0.1, 0.15) is 11.2 Å². The van der Waals surface area contributed by atoms with Crippen molar-refractivity contribution in [2.24, 2.45) is 17.3 Å². The molecule has 7 heterocycles. The van der Waals surface area contributed by atoms with Crippen LogP contribution in [0.25, 0.3) is 10.9 Å². The van der Waals surface area contributed by atoms with E-state index in [2.05, 4.69) is 70.9 Å². The summed E-state index contributed by atoms with van der Waals surface area (Å²) in [4.78, 5) is 43.0. The Morgan fingerprint density at radius 1 is 0.965 bits per heavy atom. The molecule has 3 N–H and O–H groups in total. The van der Waals surface area contributed by atoms with E-state index in [0.717, 1.165) is 97.3 Å². The van der Waals surface area contributed by atoms with Crippen LogP contribution in [-0.4, -0.2) is 133 Å². The number of hydrogen-bond acceptors (Lipinski definition) is 9. The van der Waals surface area contributed by atoms with Gasteiger partial charge >= 0.3 is 5.97 Å². The summed E-state index contributed by atoms with van der Waals surface area (Å²) in [6, 6.07) is 12.3. The minimum Gasteiger partial charge on any atom is -0.496 e. The van der Waals surface area contributed by atoms with Crippen LogP contribution in [0.3, 0.4) is 0 Å². The number of fused-ring (bicyclic) bond motifs is 9. The number of likely N-dealkylation sites (N-methyl/N-ethyl adjacent to an activating group) is 2. The fourth-order valence-corrected chi connectivity index (χ4v) is 14.9. The van der Waals surface area contributed by atoms with Gasteiger partial charge < -0.3 is 34.5 Å². The summed E-state index contributed by atoms with van der Waals surface area (Å²) in [5.74, 6) is -0.129. The van der Waals surface area contributed by atoms with Crippen LogP contribution in [0, 0.1) is 17.3 Å². The van der Waals surface area contributed by atoms with Crippen LogP contribution < -0.4 is 9.64 Å². The molecule has 3 aromatic rings. The molecule has 10 atom stereocenters. The van der Waals surface area contributed by atoms with Crippen LogP contribution in [-0.2, 0) is 31.6 Å². The normalized spacial score (nSPS) is 39.6. The summed E-state index contributed by atoms with van der Waals surface area (Å²) < 4.78 is 12.4. The molecule has 4 saturated heterocycles. The fraction of sp³-hybridized carbons (Fsp3) is 0.652. The molecule has 4 unspecified atom stereocenters. The number of para-hydroxylation sites is 1. The fourth-order valence-electron chi connectivity index (χ4n) is 14.9. The van der Waals surface area contributed by atoms with Crippen LogP contribution in [0.15, 0.2) is 36.4 Å². The standard InChI is InChI=1S/C46H61N5O6/c1-7-42(54)24-28-25-45(41(53)57-6,37-30(14-20-50(26-28)27-42)29-12-9-10-13-33(29)47-37)32-22-31-34(23-35(32)56-5)49(4)39-44(31)17-21-51-18-11-16-43(8-2,38(44)51)36-15-19-48(3)40(52)46(36,39)55/h9-10,12-13,22-23,28,36,38-39,47,54-55H,7-8,11,14-21,24-27H2,1-6H3/t28-,36?,38?,39+,42-,43-,44+,45-,46?/m0/s1. The predicted octanol–water partition coefficient (Wildman–Crippen LogP) is 4.59. The first-order chi connectivity index (χ1) is 27.4. The molecule has 5 fully saturated rings. The zero-order chi connectivity index (χ0) is 39.9. The molecule has 1 spiro atoms. The zero-order valence-corrected chi connectivity index (χ0v) is 34.7. The van der Waals surface area contributed by atoms with Crippen LogP contribution in [0.4, 0.5) is 5.69 Å². The lowest BCUT2D eigenvalue weighted by atomic mass is 9.42. The van der Waals surface area contributed by atoms with Gasteiger partial charge in [-0.1, -0.05) is 32.0 Å². The number of benzene rings is 2. The average molecular weight is 780 g/mol. The van der Waals surface area contributed by atoms with E-state index in [9.17, 15) is 15.0 Å². The number of aromatic amines is 1. The van der Waals surface area contributed by atoms with Crippen molar-refractivity contribution in [3.63, 3.8) is 0 Å². The Bertz CT molecular complexity index is 2160. The lowest BCUT2D eigenvalue weighted by Crippen LogP contribution is -2.81. The summed E-state index contributed by atoms with van der Waals surface area (Å²) in [5, 5.41) is 26.6. The van der Waals surface area contributed by atoms with Gasteiger partial charge in [-0.2, -0.15) is 0 Å². The van der Waals surface area contributed by atoms with Crippen molar-refractivity contribution in [2.75, 3.05) is 72.5 Å². The van der Waals surface area contributed by atoms with Crippen LogP contribution in [0.2, 0.25) is 0 Å². The maximum absolute atomic E-state index is 15.3. The van der Waals surface area contributed by atoms with E-state index in [-0.39, 0.29) is 35.2 Å². The van der Waals surface area contributed by atoms with Crippen LogP contribution in [0.1, 0.15) is 87.6 Å². The third-order valence-electron chi connectivity index (χ3n) is 17.0. The number of H-pyrrole nitrogens is 1. The molecule has 1 aromatic heterocycles. The minimum atomic E-state index is -1.59. The molecule has 1 amide bonds. The lowest BCUT2D eigenvalue weighted by Gasteiger charge is -2.68. The molecule has 11 nitrogen and oxygen atoms in total. The summed E-state index contributed by atoms with van der Waals surface area (Å²) in [5.41, 5.74) is 1.11. The number of rotatable bonds is 5. The van der Waals surface area contributed by atoms with Crippen molar-refractivity contribution in [2.45, 2.75) is 106 Å². The topological polar surface area (TPSA) is 122 Å². The number of amides is 1. The van der Waals surface area contributed by atoms with Gasteiger partial charge in [0.15, 0.2) is 5.60 Å². The second-order valence-electron chi connectivity index (χ2n) is 19.2. The summed E-state index contributed by atoms with van der Waals surface area (Å²) in [6.45, 7) is 9.03. The van der Waals surface area contributed by atoms with Crippen molar-refractivity contribution in [1.29, 1.82) is 0 Å². The first kappa shape index (κ1) is 37.6. The van der Waals surface area contributed by atoms with E-state index in [1.165, 1.54) is 7.11 Å². The van der Waals surface area contributed by atoms with Gasteiger partial charge in [-0.3, -0.25) is 19.4 Å². The van der Waals surface area contributed by atoms with Crippen molar-refractivity contribution in [3.8, 4) is 5.75 Å². The number of carbonyl (C=O) groups excluding carboxylic acids is 2. The lowest BCUT2D eigenvalue weighted by molar-refractivity contribution is -0.215. The Morgan fingerprint density at radius 3 is 2.53 bits per heavy atom. The second-order valence-corrected chi connectivity index (χ2v) is 19.2. The summed E-state index contributed by atoms with van der Waals surface area (Å²) >= 11 is 0. The van der Waals surface area contributed by atoms with Gasteiger partial charge in [0.05, 0.1) is 25.9 Å². The molecular weight excluding hydrogens is 719 g/mol. The van der Waals surface area contributed by atoms with Crippen LogP contribution >= 0.6 is 0 Å². The number of nitrogens with one attached hydrogen (secondary N) is 1. The molecule has 57 heavy (non-hydrogen) atoms. The number of hydrogen-bond donors (Lipinski definition) is 3. The van der Waals surface area contributed by atoms with Crippen LogP contribution in [0.5, 0.6) is 5.75 Å². The Balaban J connectivity index is 1.27. The summed E-state index contributed by atoms with van der Waals surface area (Å²) in [7, 11) is 7.08. The molecule has 306 valence electrons. The first-order valence-electron chi connectivity index (χ1n) is 21.7. The predicted molar refractivity (Wildman–Crippen MR) is 219 cm³/mol. The third-order valence-corrected chi connectivity index (χ3v) is 17.0.